The summed E-state index contributed by atoms with van der Waals surface area (Å²) in [6.45, 7) is 4.05. The summed E-state index contributed by atoms with van der Waals surface area (Å²) in [6.07, 6.45) is 4.09. The van der Waals surface area contributed by atoms with Crippen LogP contribution in [-0.4, -0.2) is 24.9 Å². The first-order chi connectivity index (χ1) is 12.4. The van der Waals surface area contributed by atoms with E-state index >= 15 is 0 Å². The minimum atomic E-state index is -0.607. The van der Waals surface area contributed by atoms with Crippen molar-refractivity contribution < 1.29 is 19.1 Å². The first kappa shape index (κ1) is 17.0. The molecule has 1 saturated carbocycles. The number of allylic oxidation sites excluding steroid dienone is 4. The number of nitrogens with zero attached hydrogens (tertiary/aromatic N) is 1. The molecule has 26 heavy (non-hydrogen) atoms. The zero-order chi connectivity index (χ0) is 18.7. The molecule has 1 heterocycles. The molecule has 0 aromatic heterocycles. The Morgan fingerprint density at radius 1 is 1.08 bits per heavy atom. The minimum Gasteiger partial charge on any atom is -0.465 e. The third kappa shape index (κ3) is 2.13. The molecule has 0 radical (unpaired) electrons. The topological polar surface area (TPSA) is 63.7 Å². The molecule has 2 aliphatic carbocycles. The molecule has 2 amide bonds. The largest absolute Gasteiger partial charge is 0.465 e. The molecule has 0 spiro atoms. The van der Waals surface area contributed by atoms with E-state index < -0.39 is 5.97 Å². The van der Waals surface area contributed by atoms with Crippen LogP contribution in [-0.2, 0) is 14.3 Å². The second-order valence-corrected chi connectivity index (χ2v) is 7.52. The molecule has 2 fully saturated rings. The van der Waals surface area contributed by atoms with Crippen LogP contribution >= 0.6 is 11.6 Å². The summed E-state index contributed by atoms with van der Waals surface area (Å²) in [5.74, 6) is -1.78. The maximum absolute atomic E-state index is 13.1. The molecule has 6 heteroatoms. The van der Waals surface area contributed by atoms with Crippen molar-refractivity contribution in [3.05, 3.63) is 52.1 Å². The van der Waals surface area contributed by atoms with Crippen LogP contribution in [0, 0.1) is 23.7 Å². The van der Waals surface area contributed by atoms with E-state index in [0.717, 1.165) is 0 Å². The van der Waals surface area contributed by atoms with E-state index in [0.29, 0.717) is 5.69 Å². The summed E-state index contributed by atoms with van der Waals surface area (Å²) < 4.78 is 4.72. The van der Waals surface area contributed by atoms with E-state index in [9.17, 15) is 14.4 Å². The van der Waals surface area contributed by atoms with Gasteiger partial charge in [0.05, 0.1) is 35.2 Å². The standard InChI is InChI=1S/C20H18ClNO4/c1-9(2)15-11-5-6-12(15)17-16(11)18(23)22(19(17)24)10-4-7-14(21)13(8-10)20(25)26-3/h4-8,11-12,16-17H,1-3H3/t11-,12+,16-,17+. The predicted molar refractivity (Wildman–Crippen MR) is 96.8 cm³/mol. The number of ether oxygens (including phenoxy) is 1. The van der Waals surface area contributed by atoms with E-state index in [1.54, 1.807) is 6.07 Å². The van der Waals surface area contributed by atoms with Crippen molar-refractivity contribution in [2.45, 2.75) is 13.8 Å². The maximum Gasteiger partial charge on any atom is 0.339 e. The monoisotopic (exact) mass is 371 g/mol. The van der Waals surface area contributed by atoms with Crippen molar-refractivity contribution >= 4 is 35.1 Å². The summed E-state index contributed by atoms with van der Waals surface area (Å²) in [6, 6.07) is 4.54. The van der Waals surface area contributed by atoms with Crippen molar-refractivity contribution in [2.24, 2.45) is 23.7 Å². The Labute approximate surface area is 156 Å². The molecule has 1 aliphatic heterocycles. The van der Waals surface area contributed by atoms with E-state index in [-0.39, 0.29) is 46.1 Å². The fraction of sp³-hybridized carbons (Fsp3) is 0.350. The van der Waals surface area contributed by atoms with Crippen LogP contribution in [0.2, 0.25) is 5.02 Å². The Morgan fingerprint density at radius 3 is 2.15 bits per heavy atom. The zero-order valence-electron chi connectivity index (χ0n) is 14.7. The lowest BCUT2D eigenvalue weighted by Gasteiger charge is -2.20. The summed E-state index contributed by atoms with van der Waals surface area (Å²) in [5.41, 5.74) is 2.87. The summed E-state index contributed by atoms with van der Waals surface area (Å²) in [4.78, 5) is 39.3. The first-order valence-electron chi connectivity index (χ1n) is 8.48. The highest BCUT2D eigenvalue weighted by atomic mass is 35.5. The number of rotatable bonds is 2. The van der Waals surface area contributed by atoms with Gasteiger partial charge in [-0.2, -0.15) is 0 Å². The SMILES string of the molecule is COC(=O)c1cc(N2C(=O)[C@@H]3[C@H](C2=O)[C@@H]2C=C[C@H]3C2=C(C)C)ccc1Cl. The molecule has 1 saturated heterocycles. The molecular weight excluding hydrogens is 354 g/mol. The van der Waals surface area contributed by atoms with Gasteiger partial charge in [0.1, 0.15) is 0 Å². The van der Waals surface area contributed by atoms with E-state index in [4.69, 9.17) is 16.3 Å². The van der Waals surface area contributed by atoms with Gasteiger partial charge in [0.15, 0.2) is 0 Å². The number of carbonyl (C=O) groups excluding carboxylic acids is 3. The van der Waals surface area contributed by atoms with Crippen LogP contribution in [0.15, 0.2) is 41.5 Å². The predicted octanol–water partition coefficient (Wildman–Crippen LogP) is 3.38. The Morgan fingerprint density at radius 2 is 1.65 bits per heavy atom. The number of halogens is 1. The highest BCUT2D eigenvalue weighted by Gasteiger charge is 2.61. The van der Waals surface area contributed by atoms with Crippen molar-refractivity contribution in [3.8, 4) is 0 Å². The van der Waals surface area contributed by atoms with Gasteiger partial charge in [-0.25, -0.2) is 9.69 Å². The zero-order valence-corrected chi connectivity index (χ0v) is 15.4. The van der Waals surface area contributed by atoms with Crippen molar-refractivity contribution in [1.29, 1.82) is 0 Å². The van der Waals surface area contributed by atoms with Gasteiger partial charge in [0.2, 0.25) is 11.8 Å². The smallest absolute Gasteiger partial charge is 0.339 e. The quantitative estimate of drug-likeness (QED) is 0.454. The van der Waals surface area contributed by atoms with Gasteiger partial charge in [-0.3, -0.25) is 9.59 Å². The number of amides is 2. The maximum atomic E-state index is 13.1. The molecule has 0 N–H and O–H groups in total. The average Bonchev–Trinajstić information content (AvgIpc) is 3.25. The molecule has 1 aromatic carbocycles. The lowest BCUT2D eigenvalue weighted by atomic mass is 9.85. The second kappa shape index (κ2) is 5.81. The van der Waals surface area contributed by atoms with Gasteiger partial charge in [-0.05, 0) is 32.0 Å². The number of fused-ring (bicyclic) bond motifs is 5. The molecule has 4 atom stereocenters. The minimum absolute atomic E-state index is 0.0103. The van der Waals surface area contributed by atoms with Crippen LogP contribution in [0.1, 0.15) is 24.2 Å². The molecule has 5 nitrogen and oxygen atoms in total. The van der Waals surface area contributed by atoms with Crippen LogP contribution in [0.3, 0.4) is 0 Å². The van der Waals surface area contributed by atoms with Gasteiger partial charge in [-0.15, -0.1) is 0 Å². The Kier molecular flexibility index (Phi) is 3.81. The Bertz CT molecular complexity index is 878. The van der Waals surface area contributed by atoms with E-state index in [2.05, 4.69) is 0 Å². The Hall–Kier alpha value is -2.40. The van der Waals surface area contributed by atoms with E-state index in [1.165, 1.54) is 35.3 Å². The fourth-order valence-corrected chi connectivity index (χ4v) is 4.80. The highest BCUT2D eigenvalue weighted by Crippen LogP contribution is 2.57. The van der Waals surface area contributed by atoms with E-state index in [1.807, 2.05) is 26.0 Å². The number of benzene rings is 1. The van der Waals surface area contributed by atoms with Crippen molar-refractivity contribution in [3.63, 3.8) is 0 Å². The second-order valence-electron chi connectivity index (χ2n) is 7.11. The van der Waals surface area contributed by atoms with Gasteiger partial charge in [0, 0.05) is 11.8 Å². The van der Waals surface area contributed by atoms with Gasteiger partial charge in [0.25, 0.3) is 0 Å². The van der Waals surface area contributed by atoms with Crippen molar-refractivity contribution in [2.75, 3.05) is 12.0 Å². The van der Waals surface area contributed by atoms with Crippen LogP contribution < -0.4 is 4.90 Å². The summed E-state index contributed by atoms with van der Waals surface area (Å²) >= 11 is 6.05. The number of carbonyl (C=O) groups is 3. The van der Waals surface area contributed by atoms with Crippen LogP contribution in [0.25, 0.3) is 0 Å². The number of anilines is 1. The van der Waals surface area contributed by atoms with Gasteiger partial charge < -0.3 is 4.74 Å². The lowest BCUT2D eigenvalue weighted by molar-refractivity contribution is -0.122. The van der Waals surface area contributed by atoms with Gasteiger partial charge in [-0.1, -0.05) is 34.9 Å². The molecular formula is C20H18ClNO4. The lowest BCUT2D eigenvalue weighted by Crippen LogP contribution is -2.33. The first-order valence-corrected chi connectivity index (χ1v) is 8.86. The molecule has 134 valence electrons. The highest BCUT2D eigenvalue weighted by molar-refractivity contribution is 6.34. The molecule has 3 aliphatic rings. The average molecular weight is 372 g/mol. The number of hydrogen-bond acceptors (Lipinski definition) is 4. The molecule has 0 unspecified atom stereocenters. The number of methoxy groups -OCH3 is 1. The number of imide groups is 1. The summed E-state index contributed by atoms with van der Waals surface area (Å²) in [5, 5.41) is 0.216. The van der Waals surface area contributed by atoms with Crippen LogP contribution in [0.5, 0.6) is 0 Å². The third-order valence-electron chi connectivity index (χ3n) is 5.61. The Balaban J connectivity index is 1.75. The van der Waals surface area contributed by atoms with Crippen LogP contribution in [0.4, 0.5) is 5.69 Å². The van der Waals surface area contributed by atoms with Gasteiger partial charge >= 0.3 is 5.97 Å². The molecule has 1 aromatic rings. The third-order valence-corrected chi connectivity index (χ3v) is 5.94. The fourth-order valence-electron chi connectivity index (χ4n) is 4.60. The molecule has 2 bridgehead atoms. The normalized spacial score (nSPS) is 28.8. The number of esters is 1. The molecule has 4 rings (SSSR count). The number of hydrogen-bond donors (Lipinski definition) is 0. The van der Waals surface area contributed by atoms with Crippen molar-refractivity contribution in [1.82, 2.24) is 0 Å². The summed E-state index contributed by atoms with van der Waals surface area (Å²) in [7, 11) is 1.26.